The van der Waals surface area contributed by atoms with E-state index in [0.717, 1.165) is 10.4 Å². The van der Waals surface area contributed by atoms with Gasteiger partial charge in [-0.2, -0.15) is 0 Å². The van der Waals surface area contributed by atoms with E-state index in [0.29, 0.717) is 0 Å². The van der Waals surface area contributed by atoms with E-state index >= 15 is 0 Å². The lowest BCUT2D eigenvalue weighted by Gasteiger charge is -2.19. The largest absolute Gasteiger partial charge is 0.495 e. The summed E-state index contributed by atoms with van der Waals surface area (Å²) in [5.74, 6) is -2.62. The quantitative estimate of drug-likeness (QED) is 0.394. The number of nitrogens with one attached hydrogen (secondary N) is 1. The first-order valence-corrected chi connectivity index (χ1v) is 12.9. The summed E-state index contributed by atoms with van der Waals surface area (Å²) in [5.41, 5.74) is -0.0404. The predicted octanol–water partition coefficient (Wildman–Crippen LogP) is 5.12. The van der Waals surface area contributed by atoms with Crippen molar-refractivity contribution in [1.29, 1.82) is 0 Å². The minimum atomic E-state index is -4.32. The zero-order valence-electron chi connectivity index (χ0n) is 19.4. The van der Waals surface area contributed by atoms with E-state index in [4.69, 9.17) is 37.4 Å². The van der Waals surface area contributed by atoms with Crippen molar-refractivity contribution in [1.82, 2.24) is 0 Å². The number of sulfonamides is 1. The molecule has 0 atom stereocenters. The van der Waals surface area contributed by atoms with Gasteiger partial charge in [-0.3, -0.25) is 4.79 Å². The number of halogens is 3. The van der Waals surface area contributed by atoms with Crippen molar-refractivity contribution in [3.8, 4) is 11.5 Å². The summed E-state index contributed by atoms with van der Waals surface area (Å²) in [5, 5.41) is 2.72. The number of esters is 1. The number of amides is 1. The van der Waals surface area contributed by atoms with Crippen LogP contribution < -0.4 is 19.1 Å². The van der Waals surface area contributed by atoms with Crippen molar-refractivity contribution in [2.45, 2.75) is 11.8 Å². The van der Waals surface area contributed by atoms with E-state index in [1.165, 1.54) is 49.6 Å². The van der Waals surface area contributed by atoms with Crippen molar-refractivity contribution < 1.29 is 36.6 Å². The fourth-order valence-corrected chi connectivity index (χ4v) is 5.57. The predicted molar refractivity (Wildman–Crippen MR) is 135 cm³/mol. The minimum Gasteiger partial charge on any atom is -0.495 e. The molecule has 0 unspecified atom stereocenters. The van der Waals surface area contributed by atoms with Crippen LogP contribution in [0.4, 0.5) is 15.8 Å². The van der Waals surface area contributed by atoms with Gasteiger partial charge in [-0.05, 0) is 55.5 Å². The molecule has 0 saturated heterocycles. The fourth-order valence-electron chi connectivity index (χ4n) is 3.57. The van der Waals surface area contributed by atoms with Crippen LogP contribution in [-0.4, -0.2) is 40.7 Å². The molecule has 0 spiro atoms. The van der Waals surface area contributed by atoms with E-state index in [1.54, 1.807) is 6.92 Å². The number of rotatable bonds is 7. The third kappa shape index (κ3) is 5.15. The first kappa shape index (κ1) is 26.5. The van der Waals surface area contributed by atoms with Crippen LogP contribution in [0.2, 0.25) is 10.0 Å². The van der Waals surface area contributed by atoms with Gasteiger partial charge in [0, 0.05) is 16.3 Å². The van der Waals surface area contributed by atoms with Crippen LogP contribution in [0.25, 0.3) is 0 Å². The summed E-state index contributed by atoms with van der Waals surface area (Å²) in [6, 6.07) is 10.3. The first-order chi connectivity index (χ1) is 17.6. The number of ether oxygens (including phenoxy) is 3. The van der Waals surface area contributed by atoms with Gasteiger partial charge in [0.1, 0.15) is 16.3 Å². The van der Waals surface area contributed by atoms with E-state index in [2.05, 4.69) is 5.32 Å². The highest BCUT2D eigenvalue weighted by molar-refractivity contribution is 7.93. The number of carbonyl (C=O) groups excluding carboxylic acids is 2. The number of carbonyl (C=O) groups is 2. The maximum absolute atomic E-state index is 14.9. The van der Waals surface area contributed by atoms with Gasteiger partial charge in [0.2, 0.25) is 0 Å². The Morgan fingerprint density at radius 3 is 2.57 bits per heavy atom. The maximum atomic E-state index is 14.9. The Hall–Kier alpha value is -3.54. The molecule has 0 radical (unpaired) electrons. The molecule has 9 nitrogen and oxygen atoms in total. The van der Waals surface area contributed by atoms with Gasteiger partial charge in [0.15, 0.2) is 18.3 Å². The van der Waals surface area contributed by atoms with Gasteiger partial charge in [-0.25, -0.2) is 21.9 Å². The molecule has 0 fully saturated rings. The maximum Gasteiger partial charge on any atom is 0.339 e. The Labute approximate surface area is 221 Å². The lowest BCUT2D eigenvalue weighted by atomic mass is 10.1. The summed E-state index contributed by atoms with van der Waals surface area (Å²) >= 11 is 12.1. The number of nitrogens with zero attached hydrogens (tertiary/aromatic N) is 1. The first-order valence-electron chi connectivity index (χ1n) is 10.7. The minimum absolute atomic E-state index is 0.0235. The van der Waals surface area contributed by atoms with Crippen LogP contribution >= 0.6 is 23.2 Å². The van der Waals surface area contributed by atoms with Crippen LogP contribution in [0.3, 0.4) is 0 Å². The second kappa shape index (κ2) is 10.4. The normalized spacial score (nSPS) is 12.5. The summed E-state index contributed by atoms with van der Waals surface area (Å²) in [6.07, 6.45) is 0. The molecular formula is C24H19Cl2FN2O7S. The number of fused-ring (bicyclic) bond motifs is 1. The highest BCUT2D eigenvalue weighted by Gasteiger charge is 2.37. The van der Waals surface area contributed by atoms with Crippen molar-refractivity contribution in [3.05, 3.63) is 75.5 Å². The second-order valence-corrected chi connectivity index (χ2v) is 10.3. The monoisotopic (exact) mass is 568 g/mol. The van der Waals surface area contributed by atoms with E-state index in [1.807, 2.05) is 0 Å². The second-order valence-electron chi connectivity index (χ2n) is 7.60. The van der Waals surface area contributed by atoms with Gasteiger partial charge >= 0.3 is 5.97 Å². The Morgan fingerprint density at radius 2 is 1.89 bits per heavy atom. The molecule has 13 heteroatoms. The van der Waals surface area contributed by atoms with Crippen molar-refractivity contribution in [2.75, 3.05) is 30.1 Å². The summed E-state index contributed by atoms with van der Waals surface area (Å²) in [4.78, 5) is 24.6. The van der Waals surface area contributed by atoms with Crippen molar-refractivity contribution in [3.63, 3.8) is 0 Å². The molecule has 1 heterocycles. The van der Waals surface area contributed by atoms with Gasteiger partial charge in [-0.1, -0.05) is 23.2 Å². The number of hydrogen-bond acceptors (Lipinski definition) is 7. The molecule has 194 valence electrons. The highest BCUT2D eigenvalue weighted by Crippen LogP contribution is 2.42. The molecule has 37 heavy (non-hydrogen) atoms. The molecule has 0 saturated carbocycles. The Morgan fingerprint density at radius 1 is 1.14 bits per heavy atom. The van der Waals surface area contributed by atoms with Crippen LogP contribution in [-0.2, 0) is 14.8 Å². The van der Waals surface area contributed by atoms with E-state index in [-0.39, 0.29) is 55.5 Å². The number of anilines is 2. The van der Waals surface area contributed by atoms with E-state index < -0.39 is 34.4 Å². The lowest BCUT2D eigenvalue weighted by Crippen LogP contribution is -2.30. The Kier molecular flexibility index (Phi) is 7.49. The molecular weight excluding hydrogens is 550 g/mol. The number of benzene rings is 3. The molecule has 4 rings (SSSR count). The molecule has 0 bridgehead atoms. The van der Waals surface area contributed by atoms with Gasteiger partial charge in [0.25, 0.3) is 15.9 Å². The topological polar surface area (TPSA) is 111 Å². The third-order valence-corrected chi connectivity index (χ3v) is 7.60. The zero-order valence-corrected chi connectivity index (χ0v) is 21.7. The van der Waals surface area contributed by atoms with Gasteiger partial charge in [-0.15, -0.1) is 0 Å². The summed E-state index contributed by atoms with van der Waals surface area (Å²) in [7, 11) is -3.02. The molecule has 0 aliphatic carbocycles. The van der Waals surface area contributed by atoms with Crippen LogP contribution in [0, 0.1) is 5.82 Å². The average Bonchev–Trinajstić information content (AvgIpc) is 3.30. The van der Waals surface area contributed by atoms with Crippen LogP contribution in [0.1, 0.15) is 27.6 Å². The molecule has 1 aliphatic heterocycles. The van der Waals surface area contributed by atoms with Gasteiger partial charge < -0.3 is 19.5 Å². The standard InChI is InChI=1S/C24H19Cl2FN2O7S/c1-3-35-24(31)16-6-5-15(11-17(16)26)28-23(30)13-8-18(27)22-19(9-13)29(12-36-22)37(32,33)21-10-14(25)4-7-20(21)34-2/h4-11H,3,12H2,1-2H3,(H,28,30). The highest BCUT2D eigenvalue weighted by atomic mass is 35.5. The molecule has 1 aliphatic rings. The molecule has 0 aromatic heterocycles. The fraction of sp³-hybridized carbons (Fsp3) is 0.167. The molecule has 3 aromatic carbocycles. The SMILES string of the molecule is CCOC(=O)c1ccc(NC(=O)c2cc(F)c3c(c2)N(S(=O)(=O)c2cc(Cl)ccc2OC)CO3)cc1Cl. The molecule has 1 N–H and O–H groups in total. The van der Waals surface area contributed by atoms with Crippen molar-refractivity contribution >= 4 is 56.5 Å². The smallest absolute Gasteiger partial charge is 0.339 e. The van der Waals surface area contributed by atoms with Crippen LogP contribution in [0.5, 0.6) is 11.5 Å². The lowest BCUT2D eigenvalue weighted by molar-refractivity contribution is 0.0526. The molecule has 1 amide bonds. The van der Waals surface area contributed by atoms with Crippen LogP contribution in [0.15, 0.2) is 53.4 Å². The number of hydrogen-bond donors (Lipinski definition) is 1. The number of methoxy groups -OCH3 is 1. The average molecular weight is 569 g/mol. The molecule has 3 aromatic rings. The Balaban J connectivity index is 1.65. The third-order valence-electron chi connectivity index (χ3n) is 5.30. The van der Waals surface area contributed by atoms with E-state index in [9.17, 15) is 22.4 Å². The zero-order chi connectivity index (χ0) is 26.9. The Bertz CT molecular complexity index is 1520. The summed E-state index contributed by atoms with van der Waals surface area (Å²) in [6.45, 7) is 1.29. The van der Waals surface area contributed by atoms with Gasteiger partial charge in [0.05, 0.1) is 24.3 Å². The summed E-state index contributed by atoms with van der Waals surface area (Å²) < 4.78 is 57.8. The van der Waals surface area contributed by atoms with Crippen molar-refractivity contribution in [2.24, 2.45) is 0 Å².